The van der Waals surface area contributed by atoms with Crippen LogP contribution in [0.2, 0.25) is 0 Å². The van der Waals surface area contributed by atoms with E-state index in [0.717, 1.165) is 0 Å². The molecule has 20 heavy (non-hydrogen) atoms. The third-order valence-corrected chi connectivity index (χ3v) is 2.47. The van der Waals surface area contributed by atoms with E-state index in [-0.39, 0.29) is 12.8 Å². The first-order valence-electron chi connectivity index (χ1n) is 5.44. The minimum atomic E-state index is -1.26. The summed E-state index contributed by atoms with van der Waals surface area (Å²) < 4.78 is 13.5. The summed E-state index contributed by atoms with van der Waals surface area (Å²) in [6.45, 7) is -0.760. The molecule has 2 heterocycles. The largest absolute Gasteiger partial charge is 0.352 e. The van der Waals surface area contributed by atoms with E-state index in [2.05, 4.69) is 4.84 Å². The van der Waals surface area contributed by atoms with Crippen LogP contribution in [0.15, 0.2) is 15.8 Å². The highest BCUT2D eigenvalue weighted by Crippen LogP contribution is 2.12. The summed E-state index contributed by atoms with van der Waals surface area (Å²) in [6.07, 6.45) is 0.384. The average Bonchev–Trinajstić information content (AvgIpc) is 2.68. The van der Waals surface area contributed by atoms with Crippen molar-refractivity contribution in [1.82, 2.24) is 14.6 Å². The van der Waals surface area contributed by atoms with Crippen molar-refractivity contribution < 1.29 is 23.6 Å². The number of rotatable bonds is 3. The fourth-order valence-electron chi connectivity index (χ4n) is 1.53. The zero-order chi connectivity index (χ0) is 14.9. The lowest BCUT2D eigenvalue weighted by atomic mass is 10.4. The number of nitrogens with zero attached hydrogens (tertiary/aromatic N) is 2. The maximum atomic E-state index is 13.0. The Morgan fingerprint density at radius 2 is 1.85 bits per heavy atom. The molecule has 1 fully saturated rings. The highest BCUT2D eigenvalue weighted by molar-refractivity contribution is 6.01. The van der Waals surface area contributed by atoms with Crippen molar-refractivity contribution in [2.75, 3.05) is 0 Å². The van der Waals surface area contributed by atoms with Crippen LogP contribution in [0.5, 0.6) is 0 Å². The topological polar surface area (TPSA) is 119 Å². The number of amides is 2. The number of carbonyl (C=O) groups is 3. The molecule has 0 unspecified atom stereocenters. The lowest BCUT2D eigenvalue weighted by Gasteiger charge is -2.12. The second kappa shape index (κ2) is 5.07. The SMILES string of the molecule is O=C(Cn1cc(F)c(=O)[nH]c1=O)ON1C(=O)CCC1=O. The molecule has 0 atom stereocenters. The number of halogens is 1. The Morgan fingerprint density at radius 1 is 1.25 bits per heavy atom. The lowest BCUT2D eigenvalue weighted by molar-refractivity contribution is -0.198. The van der Waals surface area contributed by atoms with Crippen molar-refractivity contribution >= 4 is 17.8 Å². The van der Waals surface area contributed by atoms with Crippen LogP contribution in [0.25, 0.3) is 0 Å². The average molecular weight is 285 g/mol. The van der Waals surface area contributed by atoms with Crippen LogP contribution in [0.4, 0.5) is 4.39 Å². The number of imide groups is 1. The van der Waals surface area contributed by atoms with Gasteiger partial charge in [0.1, 0.15) is 6.54 Å². The number of hydroxylamine groups is 2. The molecule has 0 spiro atoms. The maximum Gasteiger partial charge on any atom is 0.352 e. The first-order chi connectivity index (χ1) is 9.38. The molecule has 10 heteroatoms. The predicted octanol–water partition coefficient (Wildman–Crippen LogP) is -1.72. The van der Waals surface area contributed by atoms with E-state index in [0.29, 0.717) is 15.8 Å². The summed E-state index contributed by atoms with van der Waals surface area (Å²) in [5.41, 5.74) is -2.24. The molecule has 0 aromatic carbocycles. The van der Waals surface area contributed by atoms with Gasteiger partial charge in [-0.25, -0.2) is 9.59 Å². The number of aromatic amines is 1. The van der Waals surface area contributed by atoms with E-state index in [1.165, 1.54) is 0 Å². The zero-order valence-corrected chi connectivity index (χ0v) is 9.92. The lowest BCUT2D eigenvalue weighted by Crippen LogP contribution is -2.37. The molecule has 1 aromatic heterocycles. The third-order valence-electron chi connectivity index (χ3n) is 2.47. The molecule has 1 saturated heterocycles. The number of nitrogens with one attached hydrogen (secondary N) is 1. The monoisotopic (exact) mass is 285 g/mol. The summed E-state index contributed by atoms with van der Waals surface area (Å²) in [7, 11) is 0. The molecule has 0 bridgehead atoms. The second-order valence-electron chi connectivity index (χ2n) is 3.91. The van der Waals surface area contributed by atoms with E-state index in [9.17, 15) is 28.4 Å². The van der Waals surface area contributed by atoms with E-state index < -0.39 is 41.4 Å². The van der Waals surface area contributed by atoms with Crippen LogP contribution < -0.4 is 11.2 Å². The van der Waals surface area contributed by atoms with Gasteiger partial charge in [-0.2, -0.15) is 4.39 Å². The number of hydrogen-bond donors (Lipinski definition) is 1. The second-order valence-corrected chi connectivity index (χ2v) is 3.91. The molecule has 0 aliphatic carbocycles. The molecule has 106 valence electrons. The Labute approximate surface area is 109 Å². The first kappa shape index (κ1) is 13.6. The molecule has 2 amide bonds. The van der Waals surface area contributed by atoms with Crippen LogP contribution >= 0.6 is 0 Å². The predicted molar refractivity (Wildman–Crippen MR) is 58.5 cm³/mol. The highest BCUT2D eigenvalue weighted by Gasteiger charge is 2.32. The van der Waals surface area contributed by atoms with Crippen molar-refractivity contribution in [3.63, 3.8) is 0 Å². The van der Waals surface area contributed by atoms with Crippen molar-refractivity contribution in [2.24, 2.45) is 0 Å². The Kier molecular flexibility index (Phi) is 3.46. The van der Waals surface area contributed by atoms with E-state index in [1.807, 2.05) is 0 Å². The number of hydrogen-bond acceptors (Lipinski definition) is 6. The van der Waals surface area contributed by atoms with Crippen LogP contribution in [0.3, 0.4) is 0 Å². The zero-order valence-electron chi connectivity index (χ0n) is 9.92. The van der Waals surface area contributed by atoms with Crippen LogP contribution in [-0.2, 0) is 25.8 Å². The molecule has 0 radical (unpaired) electrons. The van der Waals surface area contributed by atoms with E-state index in [1.54, 1.807) is 4.98 Å². The van der Waals surface area contributed by atoms with E-state index in [4.69, 9.17) is 0 Å². The molecule has 1 aliphatic heterocycles. The summed E-state index contributed by atoms with van der Waals surface area (Å²) in [5.74, 6) is -3.74. The fraction of sp³-hybridized carbons (Fsp3) is 0.300. The molecule has 1 N–H and O–H groups in total. The number of carbonyl (C=O) groups excluding carboxylic acids is 3. The van der Waals surface area contributed by atoms with Gasteiger partial charge in [-0.15, -0.1) is 5.06 Å². The molecule has 1 aliphatic rings. The van der Waals surface area contributed by atoms with Gasteiger partial charge in [-0.3, -0.25) is 23.9 Å². The Bertz CT molecular complexity index is 690. The molecular weight excluding hydrogens is 277 g/mol. The van der Waals surface area contributed by atoms with Gasteiger partial charge in [0.2, 0.25) is 5.82 Å². The minimum absolute atomic E-state index is 0.0701. The molecule has 0 saturated carbocycles. The number of aromatic nitrogens is 2. The van der Waals surface area contributed by atoms with Gasteiger partial charge < -0.3 is 4.84 Å². The van der Waals surface area contributed by atoms with Crippen LogP contribution in [0, 0.1) is 5.82 Å². The molecule has 9 nitrogen and oxygen atoms in total. The van der Waals surface area contributed by atoms with Gasteiger partial charge >= 0.3 is 11.7 Å². The van der Waals surface area contributed by atoms with Gasteiger partial charge in [0, 0.05) is 12.8 Å². The van der Waals surface area contributed by atoms with Crippen molar-refractivity contribution in [3.05, 3.63) is 32.9 Å². The summed E-state index contributed by atoms with van der Waals surface area (Å²) in [5, 5.41) is 0.301. The Balaban J connectivity index is 2.11. The van der Waals surface area contributed by atoms with Crippen LogP contribution in [0.1, 0.15) is 12.8 Å². The van der Waals surface area contributed by atoms with E-state index >= 15 is 0 Å². The van der Waals surface area contributed by atoms with Crippen LogP contribution in [-0.4, -0.2) is 32.4 Å². The first-order valence-corrected chi connectivity index (χ1v) is 5.44. The maximum absolute atomic E-state index is 13.0. The van der Waals surface area contributed by atoms with Gasteiger partial charge in [0.15, 0.2) is 0 Å². The number of H-pyrrole nitrogens is 1. The van der Waals surface area contributed by atoms with Crippen molar-refractivity contribution in [2.45, 2.75) is 19.4 Å². The van der Waals surface area contributed by atoms with Crippen molar-refractivity contribution in [1.29, 1.82) is 0 Å². The summed E-state index contributed by atoms with van der Waals surface area (Å²) in [4.78, 5) is 62.0. The standard InChI is InChI=1S/C10H8FN3O6/c11-5-3-13(10(19)12-9(5)18)4-8(17)20-14-6(15)1-2-7(14)16/h3H,1-2,4H2,(H,12,18,19). The highest BCUT2D eigenvalue weighted by atomic mass is 19.1. The minimum Gasteiger partial charge on any atom is -0.328 e. The van der Waals surface area contributed by atoms with Gasteiger partial charge in [0.05, 0.1) is 6.20 Å². The Hall–Kier alpha value is -2.78. The Morgan fingerprint density at radius 3 is 2.45 bits per heavy atom. The van der Waals surface area contributed by atoms with Gasteiger partial charge in [0.25, 0.3) is 17.4 Å². The van der Waals surface area contributed by atoms with Crippen molar-refractivity contribution in [3.8, 4) is 0 Å². The van der Waals surface area contributed by atoms with Gasteiger partial charge in [-0.1, -0.05) is 0 Å². The quantitative estimate of drug-likeness (QED) is 0.660. The van der Waals surface area contributed by atoms with Gasteiger partial charge in [-0.05, 0) is 0 Å². The molecular formula is C10H8FN3O6. The third kappa shape index (κ3) is 2.63. The normalized spacial score (nSPS) is 14.8. The molecule has 2 rings (SSSR count). The summed E-state index contributed by atoms with van der Waals surface area (Å²) >= 11 is 0. The summed E-state index contributed by atoms with van der Waals surface area (Å²) in [6, 6.07) is 0. The fourth-order valence-corrected chi connectivity index (χ4v) is 1.53. The molecule has 1 aromatic rings. The smallest absolute Gasteiger partial charge is 0.328 e.